The van der Waals surface area contributed by atoms with Crippen LogP contribution in [0.2, 0.25) is 15.1 Å². The molecule has 0 aliphatic heterocycles. The van der Waals surface area contributed by atoms with Crippen molar-refractivity contribution in [1.29, 1.82) is 0 Å². The highest BCUT2D eigenvalue weighted by atomic mass is 35.5. The van der Waals surface area contributed by atoms with Crippen molar-refractivity contribution in [2.24, 2.45) is 5.92 Å². The molecule has 2 fully saturated rings. The van der Waals surface area contributed by atoms with E-state index in [1.54, 1.807) is 17.4 Å². The molecule has 2 atom stereocenters. The molecule has 6 nitrogen and oxygen atoms in total. The van der Waals surface area contributed by atoms with Gasteiger partial charge in [-0.3, -0.25) is 14.4 Å². The lowest BCUT2D eigenvalue weighted by Crippen LogP contribution is -2.50. The Bertz CT molecular complexity index is 1260. The number of carbonyl (C=O) groups excluding carboxylic acids is 3. The van der Waals surface area contributed by atoms with Crippen LogP contribution >= 0.6 is 58.0 Å². The third-order valence-electron chi connectivity index (χ3n) is 6.05. The van der Waals surface area contributed by atoms with Gasteiger partial charge in [-0.1, -0.05) is 34.8 Å². The first-order valence-electron chi connectivity index (χ1n) is 10.7. The second kappa shape index (κ2) is 10.0. The second-order valence-corrected chi connectivity index (χ2v) is 11.6. The fourth-order valence-electron chi connectivity index (χ4n) is 3.99. The van der Waals surface area contributed by atoms with E-state index >= 15 is 0 Å². The number of carbonyl (C=O) groups is 3. The van der Waals surface area contributed by atoms with Gasteiger partial charge in [0.25, 0.3) is 5.91 Å². The van der Waals surface area contributed by atoms with Crippen LogP contribution in [0.5, 0.6) is 0 Å². The lowest BCUT2D eigenvalue weighted by atomic mass is 10.1. The molecule has 0 spiro atoms. The van der Waals surface area contributed by atoms with Gasteiger partial charge in [-0.05, 0) is 54.8 Å². The van der Waals surface area contributed by atoms with Crippen LogP contribution in [0.25, 0.3) is 0 Å². The van der Waals surface area contributed by atoms with E-state index in [0.29, 0.717) is 15.6 Å². The summed E-state index contributed by atoms with van der Waals surface area (Å²) in [5, 5.41) is 7.56. The number of halogens is 8. The Hall–Kier alpha value is -1.91. The summed E-state index contributed by atoms with van der Waals surface area (Å²) in [5.74, 6) is -3.72. The number of alkyl halides is 5. The first-order chi connectivity index (χ1) is 17.1. The van der Waals surface area contributed by atoms with Gasteiger partial charge in [0.05, 0.1) is 16.5 Å². The van der Waals surface area contributed by atoms with E-state index in [2.05, 4.69) is 10.6 Å². The van der Waals surface area contributed by atoms with E-state index in [4.69, 9.17) is 58.0 Å². The van der Waals surface area contributed by atoms with E-state index < -0.39 is 52.2 Å². The van der Waals surface area contributed by atoms with Gasteiger partial charge in [0, 0.05) is 21.7 Å². The predicted octanol–water partition coefficient (Wildman–Crippen LogP) is 6.11. The van der Waals surface area contributed by atoms with Gasteiger partial charge in [-0.25, -0.2) is 0 Å². The SMILES string of the molecule is O=C(NC1(C(=O)NCC(F)(F)F)CC1)c1cc(NC(=O)[C@H]2[C@H](c3cc(Cl)cc(Cl)c3)C2(Cl)Cl)ccc1Cl. The number of hydrogen-bond acceptors (Lipinski definition) is 3. The van der Waals surface area contributed by atoms with Crippen molar-refractivity contribution in [3.8, 4) is 0 Å². The lowest BCUT2D eigenvalue weighted by molar-refractivity contribution is -0.140. The quantitative estimate of drug-likeness (QED) is 0.328. The molecule has 0 aromatic heterocycles. The van der Waals surface area contributed by atoms with Crippen LogP contribution in [0, 0.1) is 5.92 Å². The third kappa shape index (κ3) is 6.23. The predicted molar refractivity (Wildman–Crippen MR) is 136 cm³/mol. The van der Waals surface area contributed by atoms with Crippen molar-refractivity contribution >= 4 is 81.4 Å². The van der Waals surface area contributed by atoms with Crippen molar-refractivity contribution in [3.05, 3.63) is 62.6 Å². The summed E-state index contributed by atoms with van der Waals surface area (Å²) in [7, 11) is 0. The zero-order valence-electron chi connectivity index (χ0n) is 18.5. The standard InChI is InChI=1S/C23H17Cl5F3N3O3/c24-11-5-10(6-12(25)7-11)16-17(23(16,27)28)19(36)33-13-1-2-15(26)14(8-13)18(35)34-21(3-4-21)20(37)32-9-22(29,30)31/h1-2,5-8,16-17H,3-4,9H2,(H,32,37)(H,33,36)(H,34,35)/t16-,17+/m0/s1. The Morgan fingerprint density at radius 1 is 0.973 bits per heavy atom. The molecule has 0 unspecified atom stereocenters. The fraction of sp³-hybridized carbons (Fsp3) is 0.348. The highest BCUT2D eigenvalue weighted by Gasteiger charge is 2.67. The molecule has 0 saturated heterocycles. The van der Waals surface area contributed by atoms with Gasteiger partial charge in [-0.15, -0.1) is 23.2 Å². The van der Waals surface area contributed by atoms with Crippen molar-refractivity contribution in [3.63, 3.8) is 0 Å². The summed E-state index contributed by atoms with van der Waals surface area (Å²) in [6.45, 7) is -1.52. The Morgan fingerprint density at radius 3 is 2.16 bits per heavy atom. The summed E-state index contributed by atoms with van der Waals surface area (Å²) in [5.41, 5.74) is -0.783. The number of benzene rings is 2. The molecule has 14 heteroatoms. The number of rotatable bonds is 7. The number of hydrogen-bond donors (Lipinski definition) is 3. The average Bonchev–Trinajstić information content (AvgIpc) is 3.67. The molecule has 2 aliphatic rings. The Morgan fingerprint density at radius 2 is 1.59 bits per heavy atom. The van der Waals surface area contributed by atoms with Crippen molar-refractivity contribution in [2.75, 3.05) is 11.9 Å². The molecular formula is C23H17Cl5F3N3O3. The topological polar surface area (TPSA) is 87.3 Å². The number of nitrogens with one attached hydrogen (secondary N) is 3. The van der Waals surface area contributed by atoms with Gasteiger partial charge >= 0.3 is 6.18 Å². The van der Waals surface area contributed by atoms with Gasteiger partial charge in [0.15, 0.2) is 0 Å². The van der Waals surface area contributed by atoms with Crippen LogP contribution in [0.3, 0.4) is 0 Å². The summed E-state index contributed by atoms with van der Waals surface area (Å²) < 4.78 is 35.9. The second-order valence-electron chi connectivity index (χ2n) is 8.85. The molecule has 198 valence electrons. The van der Waals surface area contributed by atoms with Crippen LogP contribution < -0.4 is 16.0 Å². The Balaban J connectivity index is 1.45. The van der Waals surface area contributed by atoms with E-state index in [9.17, 15) is 27.6 Å². The Labute approximate surface area is 234 Å². The first-order valence-corrected chi connectivity index (χ1v) is 12.6. The highest BCUT2D eigenvalue weighted by molar-refractivity contribution is 6.53. The molecule has 2 aromatic rings. The normalized spacial score (nSPS) is 21.1. The summed E-state index contributed by atoms with van der Waals surface area (Å²) >= 11 is 31.0. The molecule has 3 amide bonds. The van der Waals surface area contributed by atoms with Gasteiger partial charge in [-0.2, -0.15) is 13.2 Å². The van der Waals surface area contributed by atoms with Crippen molar-refractivity contribution in [2.45, 2.75) is 34.8 Å². The molecule has 0 radical (unpaired) electrons. The van der Waals surface area contributed by atoms with Crippen LogP contribution in [0.1, 0.15) is 34.7 Å². The van der Waals surface area contributed by atoms with E-state index in [-0.39, 0.29) is 29.1 Å². The molecule has 2 saturated carbocycles. The van der Waals surface area contributed by atoms with E-state index in [0.717, 1.165) is 0 Å². The minimum atomic E-state index is -4.59. The monoisotopic (exact) mass is 615 g/mol. The molecule has 3 N–H and O–H groups in total. The summed E-state index contributed by atoms with van der Waals surface area (Å²) in [6.07, 6.45) is -4.25. The largest absolute Gasteiger partial charge is 0.405 e. The van der Waals surface area contributed by atoms with Gasteiger partial charge in [0.2, 0.25) is 11.8 Å². The molecule has 4 rings (SSSR count). The zero-order valence-corrected chi connectivity index (χ0v) is 22.3. The minimum absolute atomic E-state index is 0.00361. The van der Waals surface area contributed by atoms with Crippen molar-refractivity contribution < 1.29 is 27.6 Å². The smallest absolute Gasteiger partial charge is 0.345 e. The highest BCUT2D eigenvalue weighted by Crippen LogP contribution is 2.65. The fourth-order valence-corrected chi connectivity index (χ4v) is 5.56. The van der Waals surface area contributed by atoms with Crippen LogP contribution in [0.15, 0.2) is 36.4 Å². The molecule has 37 heavy (non-hydrogen) atoms. The molecule has 2 aliphatic carbocycles. The summed E-state index contributed by atoms with van der Waals surface area (Å²) in [6, 6.07) is 8.81. The van der Waals surface area contributed by atoms with Gasteiger partial charge < -0.3 is 16.0 Å². The van der Waals surface area contributed by atoms with Gasteiger partial charge in [0.1, 0.15) is 16.4 Å². The van der Waals surface area contributed by atoms with E-state index in [1.807, 2.05) is 0 Å². The third-order valence-corrected chi connectivity index (χ3v) is 7.75. The lowest BCUT2D eigenvalue weighted by Gasteiger charge is -2.18. The maximum atomic E-state index is 13.0. The minimum Gasteiger partial charge on any atom is -0.345 e. The molecule has 0 heterocycles. The van der Waals surface area contributed by atoms with Crippen molar-refractivity contribution in [1.82, 2.24) is 10.6 Å². The molecule has 0 bridgehead atoms. The molecular weight excluding hydrogens is 601 g/mol. The molecule has 2 aromatic carbocycles. The average molecular weight is 618 g/mol. The van der Waals surface area contributed by atoms with E-state index in [1.165, 1.54) is 24.3 Å². The van der Waals surface area contributed by atoms with Crippen LogP contribution in [-0.4, -0.2) is 40.3 Å². The summed E-state index contributed by atoms with van der Waals surface area (Å²) in [4.78, 5) is 38.0. The Kier molecular flexibility index (Phi) is 7.60. The van der Waals surface area contributed by atoms with Crippen LogP contribution in [0.4, 0.5) is 18.9 Å². The maximum absolute atomic E-state index is 13.0. The number of anilines is 1. The number of amides is 3. The first kappa shape index (κ1) is 28.1. The maximum Gasteiger partial charge on any atom is 0.405 e. The zero-order chi connectivity index (χ0) is 27.3. The van der Waals surface area contributed by atoms with Crippen LogP contribution in [-0.2, 0) is 9.59 Å².